The molecule has 158 valence electrons. The van der Waals surface area contributed by atoms with Gasteiger partial charge in [0.15, 0.2) is 17.3 Å². The molecular weight excluding hydrogens is 410 g/mol. The summed E-state index contributed by atoms with van der Waals surface area (Å²) in [5.74, 6) is -1.43. The highest BCUT2D eigenvalue weighted by molar-refractivity contribution is 5.91. The molecule has 1 amide bonds. The number of carbonyl (C=O) groups is 1. The predicted molar refractivity (Wildman–Crippen MR) is 104 cm³/mol. The van der Waals surface area contributed by atoms with Crippen LogP contribution in [-0.4, -0.2) is 59.4 Å². The molecule has 1 aliphatic rings. The summed E-state index contributed by atoms with van der Waals surface area (Å²) in [5, 5.41) is 24.5. The van der Waals surface area contributed by atoms with Crippen molar-refractivity contribution in [1.29, 1.82) is 0 Å². The number of hydrogen-bond acceptors (Lipinski definition) is 8. The number of fused-ring (bicyclic) bond motifs is 1. The zero-order chi connectivity index (χ0) is 21.4. The first-order valence-corrected chi connectivity index (χ1v) is 9.56. The van der Waals surface area contributed by atoms with Crippen LogP contribution in [0.15, 0.2) is 30.3 Å². The molecule has 5 rings (SSSR count). The van der Waals surface area contributed by atoms with E-state index in [4.69, 9.17) is 0 Å². The highest BCUT2D eigenvalue weighted by Gasteiger charge is 2.27. The number of rotatable bonds is 4. The van der Waals surface area contributed by atoms with Gasteiger partial charge < -0.3 is 4.90 Å². The standard InChI is InChI=1S/C18H16F2N10O/c19-11-2-1-3-12(20)15(11)16-21-18(25-24-16)22-17(31)10-6-8-29(9-7-10)14-5-4-13-23-27-28-30(13)26-14/h1-5,10H,6-9H2,(H2,21,22,24,25,31). The molecule has 0 unspecified atom stereocenters. The Bertz CT molecular complexity index is 1230. The fourth-order valence-electron chi connectivity index (χ4n) is 3.55. The molecule has 13 heteroatoms. The third kappa shape index (κ3) is 3.65. The zero-order valence-corrected chi connectivity index (χ0v) is 16.0. The van der Waals surface area contributed by atoms with Crippen LogP contribution in [0.1, 0.15) is 12.8 Å². The first kappa shape index (κ1) is 19.0. The van der Waals surface area contributed by atoms with E-state index in [9.17, 15) is 13.6 Å². The number of aromatic nitrogens is 8. The van der Waals surface area contributed by atoms with Crippen molar-refractivity contribution in [2.24, 2.45) is 5.92 Å². The lowest BCUT2D eigenvalue weighted by molar-refractivity contribution is -0.120. The SMILES string of the molecule is O=C(Nc1n[nH]c(-c2c(F)cccc2F)n1)C1CCN(c2ccc3nnnn3n2)CC1. The maximum Gasteiger partial charge on any atom is 0.249 e. The topological polar surface area (TPSA) is 130 Å². The summed E-state index contributed by atoms with van der Waals surface area (Å²) in [5.41, 5.74) is 0.231. The normalized spacial score (nSPS) is 14.8. The van der Waals surface area contributed by atoms with E-state index in [0.717, 1.165) is 18.0 Å². The molecule has 3 aromatic heterocycles. The second-order valence-corrected chi connectivity index (χ2v) is 7.07. The minimum absolute atomic E-state index is 0.0316. The lowest BCUT2D eigenvalue weighted by Gasteiger charge is -2.31. The van der Waals surface area contributed by atoms with Crippen molar-refractivity contribution in [1.82, 2.24) is 40.4 Å². The molecule has 0 atom stereocenters. The Balaban J connectivity index is 1.22. The molecule has 1 saturated heterocycles. The van der Waals surface area contributed by atoms with Crippen LogP contribution in [0, 0.1) is 17.6 Å². The number of aromatic amines is 1. The molecule has 1 aromatic carbocycles. The maximum atomic E-state index is 13.9. The van der Waals surface area contributed by atoms with Crippen LogP contribution < -0.4 is 10.2 Å². The Morgan fingerprint density at radius 2 is 1.90 bits per heavy atom. The van der Waals surface area contributed by atoms with Crippen LogP contribution in [0.2, 0.25) is 0 Å². The molecule has 2 N–H and O–H groups in total. The smallest absolute Gasteiger partial charge is 0.249 e. The number of carbonyl (C=O) groups excluding carboxylic acids is 1. The Kier molecular flexibility index (Phi) is 4.69. The number of benzene rings is 1. The van der Waals surface area contributed by atoms with Gasteiger partial charge in [-0.25, -0.2) is 8.78 Å². The van der Waals surface area contributed by atoms with Gasteiger partial charge in [-0.2, -0.15) is 4.98 Å². The maximum absolute atomic E-state index is 13.9. The second-order valence-electron chi connectivity index (χ2n) is 7.07. The van der Waals surface area contributed by atoms with Gasteiger partial charge in [0.1, 0.15) is 11.6 Å². The lowest BCUT2D eigenvalue weighted by atomic mass is 9.96. The van der Waals surface area contributed by atoms with Crippen LogP contribution in [0.5, 0.6) is 0 Å². The summed E-state index contributed by atoms with van der Waals surface area (Å²) in [6.07, 6.45) is 1.20. The average molecular weight is 426 g/mol. The highest BCUT2D eigenvalue weighted by Crippen LogP contribution is 2.25. The van der Waals surface area contributed by atoms with Gasteiger partial charge in [-0.05, 0) is 47.5 Å². The summed E-state index contributed by atoms with van der Waals surface area (Å²) in [6.45, 7) is 1.25. The van der Waals surface area contributed by atoms with Crippen LogP contribution in [0.3, 0.4) is 0 Å². The summed E-state index contributed by atoms with van der Waals surface area (Å²) in [4.78, 5) is 18.7. The summed E-state index contributed by atoms with van der Waals surface area (Å²) in [7, 11) is 0. The van der Waals surface area contributed by atoms with Crippen molar-refractivity contribution < 1.29 is 13.6 Å². The van der Waals surface area contributed by atoms with Crippen LogP contribution >= 0.6 is 0 Å². The Labute approximate surface area is 173 Å². The molecule has 0 bridgehead atoms. The number of tetrazole rings is 1. The van der Waals surface area contributed by atoms with Gasteiger partial charge >= 0.3 is 0 Å². The number of H-pyrrole nitrogens is 1. The molecular formula is C18H16F2N10O. The number of nitrogens with one attached hydrogen (secondary N) is 2. The molecule has 11 nitrogen and oxygen atoms in total. The Morgan fingerprint density at radius 1 is 1.13 bits per heavy atom. The summed E-state index contributed by atoms with van der Waals surface area (Å²) in [6, 6.07) is 7.12. The molecule has 1 fully saturated rings. The molecule has 4 heterocycles. The van der Waals surface area contributed by atoms with Crippen molar-refractivity contribution in [3.63, 3.8) is 0 Å². The van der Waals surface area contributed by atoms with Crippen LogP contribution in [0.4, 0.5) is 20.5 Å². The van der Waals surface area contributed by atoms with E-state index in [-0.39, 0.29) is 29.2 Å². The van der Waals surface area contributed by atoms with Gasteiger partial charge in [0.2, 0.25) is 11.9 Å². The molecule has 1 aliphatic heterocycles. The molecule has 0 spiro atoms. The van der Waals surface area contributed by atoms with Crippen LogP contribution in [-0.2, 0) is 4.79 Å². The van der Waals surface area contributed by atoms with E-state index in [1.807, 2.05) is 6.07 Å². The molecule has 0 aliphatic carbocycles. The number of hydrogen-bond donors (Lipinski definition) is 2. The van der Waals surface area contributed by atoms with E-state index in [1.54, 1.807) is 6.07 Å². The first-order chi connectivity index (χ1) is 15.1. The fraction of sp³-hybridized carbons (Fsp3) is 0.278. The number of amides is 1. The van der Waals surface area contributed by atoms with E-state index in [2.05, 4.69) is 46.0 Å². The lowest BCUT2D eigenvalue weighted by Crippen LogP contribution is -2.38. The fourth-order valence-corrected chi connectivity index (χ4v) is 3.55. The zero-order valence-electron chi connectivity index (χ0n) is 16.0. The van der Waals surface area contributed by atoms with Crippen molar-refractivity contribution in [3.05, 3.63) is 42.0 Å². The summed E-state index contributed by atoms with van der Waals surface area (Å²) < 4.78 is 29.2. The van der Waals surface area contributed by atoms with Gasteiger partial charge in [0, 0.05) is 19.0 Å². The van der Waals surface area contributed by atoms with Gasteiger partial charge in [-0.1, -0.05) is 6.07 Å². The van der Waals surface area contributed by atoms with Crippen molar-refractivity contribution in [2.75, 3.05) is 23.3 Å². The van der Waals surface area contributed by atoms with E-state index >= 15 is 0 Å². The predicted octanol–water partition coefficient (Wildman–Crippen LogP) is 1.44. The van der Waals surface area contributed by atoms with Crippen molar-refractivity contribution >= 4 is 23.3 Å². The van der Waals surface area contributed by atoms with Gasteiger partial charge in [-0.3, -0.25) is 15.2 Å². The quantitative estimate of drug-likeness (QED) is 0.501. The van der Waals surface area contributed by atoms with Crippen molar-refractivity contribution in [2.45, 2.75) is 12.8 Å². The minimum atomic E-state index is -0.769. The first-order valence-electron chi connectivity index (χ1n) is 9.56. The molecule has 31 heavy (non-hydrogen) atoms. The number of halogens is 2. The Morgan fingerprint density at radius 3 is 2.68 bits per heavy atom. The monoisotopic (exact) mass is 426 g/mol. The van der Waals surface area contributed by atoms with E-state index < -0.39 is 11.6 Å². The minimum Gasteiger partial charge on any atom is -0.355 e. The largest absolute Gasteiger partial charge is 0.355 e. The molecule has 4 aromatic rings. The third-order valence-electron chi connectivity index (χ3n) is 5.17. The van der Waals surface area contributed by atoms with E-state index in [0.29, 0.717) is 31.6 Å². The van der Waals surface area contributed by atoms with Crippen LogP contribution in [0.25, 0.3) is 17.0 Å². The van der Waals surface area contributed by atoms with Gasteiger partial charge in [0.05, 0.1) is 5.56 Å². The number of anilines is 2. The number of piperidine rings is 1. The van der Waals surface area contributed by atoms with Crippen molar-refractivity contribution in [3.8, 4) is 11.4 Å². The third-order valence-corrected chi connectivity index (χ3v) is 5.17. The number of nitrogens with zero attached hydrogens (tertiary/aromatic N) is 8. The highest BCUT2D eigenvalue weighted by atomic mass is 19.1. The van der Waals surface area contributed by atoms with Gasteiger partial charge in [-0.15, -0.1) is 19.9 Å². The Hall–Kier alpha value is -4.03. The summed E-state index contributed by atoms with van der Waals surface area (Å²) >= 11 is 0. The molecule has 0 radical (unpaired) electrons. The average Bonchev–Trinajstić information content (AvgIpc) is 3.43. The molecule has 0 saturated carbocycles. The van der Waals surface area contributed by atoms with Gasteiger partial charge in [0.25, 0.3) is 0 Å². The van der Waals surface area contributed by atoms with E-state index in [1.165, 1.54) is 10.7 Å². The second kappa shape index (κ2) is 7.66.